The van der Waals surface area contributed by atoms with Crippen LogP contribution in [0.15, 0.2) is 18.2 Å². The first-order chi connectivity index (χ1) is 9.02. The normalized spacial score (nSPS) is 20.6. The lowest BCUT2D eigenvalue weighted by atomic mass is 10.1. The van der Waals surface area contributed by atoms with Crippen molar-refractivity contribution in [1.82, 2.24) is 4.90 Å². The minimum absolute atomic E-state index is 0.406. The summed E-state index contributed by atoms with van der Waals surface area (Å²) in [5.41, 5.74) is 7.79. The predicted octanol–water partition coefficient (Wildman–Crippen LogP) is 2.50. The maximum absolute atomic E-state index is 6.03. The molecule has 0 radical (unpaired) electrons. The molecule has 104 valence electrons. The fraction of sp³-hybridized carbons (Fsp3) is 0.500. The number of piperazine rings is 1. The van der Waals surface area contributed by atoms with Crippen molar-refractivity contribution < 1.29 is 0 Å². The van der Waals surface area contributed by atoms with Gasteiger partial charge >= 0.3 is 0 Å². The Kier molecular flexibility index (Phi) is 4.66. The Morgan fingerprint density at radius 3 is 2.79 bits per heavy atom. The number of nitrogens with two attached hydrogens (primary N) is 1. The van der Waals surface area contributed by atoms with Crippen molar-refractivity contribution >= 4 is 34.5 Å². The van der Waals surface area contributed by atoms with Crippen molar-refractivity contribution in [1.29, 1.82) is 0 Å². The second kappa shape index (κ2) is 6.07. The molecule has 1 aromatic rings. The van der Waals surface area contributed by atoms with Gasteiger partial charge in [0.1, 0.15) is 4.99 Å². The molecule has 1 atom stereocenters. The monoisotopic (exact) mass is 297 g/mol. The molecule has 0 bridgehead atoms. The van der Waals surface area contributed by atoms with Crippen molar-refractivity contribution in [3.05, 3.63) is 28.8 Å². The summed E-state index contributed by atoms with van der Waals surface area (Å²) in [6, 6.07) is 6.31. The van der Waals surface area contributed by atoms with E-state index >= 15 is 0 Å². The van der Waals surface area contributed by atoms with Crippen LogP contribution in [0, 0.1) is 0 Å². The zero-order valence-electron chi connectivity index (χ0n) is 11.4. The van der Waals surface area contributed by atoms with E-state index in [2.05, 4.69) is 23.6 Å². The Labute approximate surface area is 125 Å². The van der Waals surface area contributed by atoms with Crippen LogP contribution >= 0.6 is 23.8 Å². The van der Waals surface area contributed by atoms with Gasteiger partial charge in [0.25, 0.3) is 0 Å². The van der Waals surface area contributed by atoms with Crippen LogP contribution in [0.3, 0.4) is 0 Å². The van der Waals surface area contributed by atoms with Crippen LogP contribution in [0.25, 0.3) is 0 Å². The highest BCUT2D eigenvalue weighted by Gasteiger charge is 2.24. The van der Waals surface area contributed by atoms with Crippen molar-refractivity contribution in [3.8, 4) is 0 Å². The van der Waals surface area contributed by atoms with Crippen LogP contribution in [0.2, 0.25) is 5.02 Å². The summed E-state index contributed by atoms with van der Waals surface area (Å²) < 4.78 is 0. The number of hydrogen-bond donors (Lipinski definition) is 1. The molecular weight excluding hydrogens is 278 g/mol. The first kappa shape index (κ1) is 14.6. The molecule has 1 aliphatic rings. The Bertz CT molecular complexity index is 478. The summed E-state index contributed by atoms with van der Waals surface area (Å²) >= 11 is 11.2. The first-order valence-corrected chi connectivity index (χ1v) is 7.40. The van der Waals surface area contributed by atoms with Crippen LogP contribution in [0.5, 0.6) is 0 Å². The minimum atomic E-state index is 0.406. The number of rotatable bonds is 3. The average Bonchev–Trinajstić information content (AvgIpc) is 2.38. The van der Waals surface area contributed by atoms with E-state index in [1.54, 1.807) is 0 Å². The third-order valence-corrected chi connectivity index (χ3v) is 4.19. The summed E-state index contributed by atoms with van der Waals surface area (Å²) in [7, 11) is 0. The summed E-state index contributed by atoms with van der Waals surface area (Å²) in [5, 5.41) is 0.673. The largest absolute Gasteiger partial charge is 0.389 e. The van der Waals surface area contributed by atoms with Gasteiger partial charge in [-0.05, 0) is 31.7 Å². The van der Waals surface area contributed by atoms with E-state index in [1.165, 1.54) is 0 Å². The van der Waals surface area contributed by atoms with Gasteiger partial charge < -0.3 is 10.6 Å². The first-order valence-electron chi connectivity index (χ1n) is 6.61. The van der Waals surface area contributed by atoms with Crippen LogP contribution in [0.4, 0.5) is 5.69 Å². The molecular formula is C14H20ClN3S. The molecule has 0 amide bonds. The Morgan fingerprint density at radius 2 is 2.21 bits per heavy atom. The Morgan fingerprint density at radius 1 is 1.47 bits per heavy atom. The highest BCUT2D eigenvalue weighted by atomic mass is 35.5. The van der Waals surface area contributed by atoms with Crippen LogP contribution in [-0.2, 0) is 0 Å². The minimum Gasteiger partial charge on any atom is -0.389 e. The number of anilines is 1. The lowest BCUT2D eigenvalue weighted by molar-refractivity contribution is 0.199. The summed E-state index contributed by atoms with van der Waals surface area (Å²) in [4.78, 5) is 5.23. The molecule has 1 aromatic carbocycles. The van der Waals surface area contributed by atoms with E-state index in [1.807, 2.05) is 18.2 Å². The summed E-state index contributed by atoms with van der Waals surface area (Å²) in [6.45, 7) is 8.61. The fourth-order valence-corrected chi connectivity index (χ4v) is 3.00. The molecule has 1 aliphatic heterocycles. The Balaban J connectivity index is 2.25. The van der Waals surface area contributed by atoms with Gasteiger partial charge in [0.05, 0.1) is 0 Å². The van der Waals surface area contributed by atoms with Crippen molar-refractivity contribution in [2.45, 2.75) is 19.9 Å². The highest BCUT2D eigenvalue weighted by Crippen LogP contribution is 2.26. The Hall–Kier alpha value is -0.840. The van der Waals surface area contributed by atoms with Gasteiger partial charge in [-0.1, -0.05) is 30.7 Å². The van der Waals surface area contributed by atoms with Crippen molar-refractivity contribution in [2.75, 3.05) is 31.1 Å². The zero-order chi connectivity index (χ0) is 14.0. The third kappa shape index (κ3) is 3.19. The maximum atomic E-state index is 6.03. The van der Waals surface area contributed by atoms with E-state index in [9.17, 15) is 0 Å². The van der Waals surface area contributed by atoms with E-state index in [-0.39, 0.29) is 0 Å². The van der Waals surface area contributed by atoms with Crippen molar-refractivity contribution in [3.63, 3.8) is 0 Å². The number of hydrogen-bond acceptors (Lipinski definition) is 3. The zero-order valence-corrected chi connectivity index (χ0v) is 13.0. The van der Waals surface area contributed by atoms with Gasteiger partial charge in [0, 0.05) is 41.9 Å². The van der Waals surface area contributed by atoms with Gasteiger partial charge in [-0.2, -0.15) is 0 Å². The van der Waals surface area contributed by atoms with E-state index < -0.39 is 0 Å². The van der Waals surface area contributed by atoms with Gasteiger partial charge in [0.2, 0.25) is 0 Å². The molecule has 0 aliphatic carbocycles. The second-order valence-electron chi connectivity index (χ2n) is 4.95. The third-order valence-electron chi connectivity index (χ3n) is 3.74. The molecule has 19 heavy (non-hydrogen) atoms. The molecule has 1 unspecified atom stereocenters. The highest BCUT2D eigenvalue weighted by molar-refractivity contribution is 7.80. The van der Waals surface area contributed by atoms with E-state index in [0.717, 1.165) is 37.4 Å². The quantitative estimate of drug-likeness (QED) is 0.869. The standard InChI is InChI=1S/C14H20ClN3S/c1-3-17-6-7-18(9-10(17)2)13-5-4-11(15)8-12(13)14(16)19/h4-5,8,10H,3,6-7,9H2,1-2H3,(H2,16,19). The van der Waals surface area contributed by atoms with Gasteiger partial charge in [-0.25, -0.2) is 0 Å². The molecule has 5 heteroatoms. The lowest BCUT2D eigenvalue weighted by Crippen LogP contribution is -2.52. The summed E-state index contributed by atoms with van der Waals surface area (Å²) in [5.74, 6) is 0. The number of thiocarbonyl (C=S) groups is 1. The van der Waals surface area contributed by atoms with Crippen LogP contribution in [0.1, 0.15) is 19.4 Å². The number of benzene rings is 1. The molecule has 0 aromatic heterocycles. The second-order valence-corrected chi connectivity index (χ2v) is 5.83. The fourth-order valence-electron chi connectivity index (χ4n) is 2.67. The molecule has 1 fully saturated rings. The molecule has 2 rings (SSSR count). The summed E-state index contributed by atoms with van der Waals surface area (Å²) in [6.07, 6.45) is 0. The predicted molar refractivity (Wildman–Crippen MR) is 86.3 cm³/mol. The van der Waals surface area contributed by atoms with Gasteiger partial charge in [-0.15, -0.1) is 0 Å². The number of likely N-dealkylation sites (N-methyl/N-ethyl adjacent to an activating group) is 1. The van der Waals surface area contributed by atoms with Crippen molar-refractivity contribution in [2.24, 2.45) is 5.73 Å². The van der Waals surface area contributed by atoms with Crippen LogP contribution in [-0.4, -0.2) is 42.1 Å². The number of halogens is 1. The molecule has 3 nitrogen and oxygen atoms in total. The molecule has 0 saturated carbocycles. The topological polar surface area (TPSA) is 32.5 Å². The molecule has 2 N–H and O–H groups in total. The van der Waals surface area contributed by atoms with Gasteiger partial charge in [-0.3, -0.25) is 4.90 Å². The molecule has 1 heterocycles. The van der Waals surface area contributed by atoms with Crippen LogP contribution < -0.4 is 10.6 Å². The molecule has 1 saturated heterocycles. The average molecular weight is 298 g/mol. The van der Waals surface area contributed by atoms with Gasteiger partial charge in [0.15, 0.2) is 0 Å². The SMILES string of the molecule is CCN1CCN(c2ccc(Cl)cc2C(N)=S)CC1C. The van der Waals surface area contributed by atoms with E-state index in [4.69, 9.17) is 29.6 Å². The maximum Gasteiger partial charge on any atom is 0.106 e. The smallest absolute Gasteiger partial charge is 0.106 e. The molecule has 0 spiro atoms. The van der Waals surface area contributed by atoms with E-state index in [0.29, 0.717) is 16.1 Å². The number of nitrogens with zero attached hydrogens (tertiary/aromatic N) is 2. The lowest BCUT2D eigenvalue weighted by Gasteiger charge is -2.41.